The van der Waals surface area contributed by atoms with Crippen LogP contribution in [0.3, 0.4) is 0 Å². The first-order valence-corrected chi connectivity index (χ1v) is 6.65. The van der Waals surface area contributed by atoms with Gasteiger partial charge >= 0.3 is 6.09 Å². The van der Waals surface area contributed by atoms with Crippen LogP contribution in [0.5, 0.6) is 0 Å². The van der Waals surface area contributed by atoms with Gasteiger partial charge in [-0.25, -0.2) is 4.79 Å². The van der Waals surface area contributed by atoms with Crippen molar-refractivity contribution in [2.45, 2.75) is 37.8 Å². The molecule has 1 N–H and O–H groups in total. The van der Waals surface area contributed by atoms with Crippen molar-refractivity contribution < 1.29 is 9.53 Å². The van der Waals surface area contributed by atoms with E-state index in [0.29, 0.717) is 0 Å². The summed E-state index contributed by atoms with van der Waals surface area (Å²) in [6, 6.07) is 6.26. The maximum atomic E-state index is 11.4. The molecule has 2 unspecified atom stereocenters. The van der Waals surface area contributed by atoms with Gasteiger partial charge in [-0.1, -0.05) is 28.1 Å². The van der Waals surface area contributed by atoms with Gasteiger partial charge in [0.1, 0.15) is 6.10 Å². The Morgan fingerprint density at radius 3 is 3.06 bits per heavy atom. The standard InChI is InChI=1S/C13H14BrNO2/c1-8-13(15-12(16)17-8)6-5-10-9(7-13)3-2-4-11(10)14/h2-4,8H,5-7H2,1H3,(H,15,16). The molecule has 1 saturated heterocycles. The summed E-state index contributed by atoms with van der Waals surface area (Å²) in [4.78, 5) is 11.4. The normalized spacial score (nSPS) is 30.9. The van der Waals surface area contributed by atoms with Crippen LogP contribution in [-0.2, 0) is 17.6 Å². The molecule has 0 bridgehead atoms. The number of rotatable bonds is 0. The smallest absolute Gasteiger partial charge is 0.408 e. The van der Waals surface area contributed by atoms with Crippen molar-refractivity contribution in [2.75, 3.05) is 0 Å². The second kappa shape index (κ2) is 3.73. The number of nitrogens with one attached hydrogen (secondary N) is 1. The van der Waals surface area contributed by atoms with Gasteiger partial charge in [0, 0.05) is 4.47 Å². The van der Waals surface area contributed by atoms with Crippen molar-refractivity contribution in [1.82, 2.24) is 5.32 Å². The summed E-state index contributed by atoms with van der Waals surface area (Å²) in [5, 5.41) is 3.00. The number of benzene rings is 1. The fourth-order valence-electron chi connectivity index (χ4n) is 2.89. The number of cyclic esters (lactones) is 1. The van der Waals surface area contributed by atoms with Crippen molar-refractivity contribution in [3.63, 3.8) is 0 Å². The average Bonchev–Trinajstić information content (AvgIpc) is 2.53. The topological polar surface area (TPSA) is 38.3 Å². The molecule has 1 aromatic carbocycles. The van der Waals surface area contributed by atoms with Crippen LogP contribution in [0, 0.1) is 0 Å². The Bertz CT molecular complexity index is 488. The molecule has 2 atom stereocenters. The maximum Gasteiger partial charge on any atom is 0.408 e. The predicted octanol–water partition coefficient (Wildman–Crippen LogP) is 2.80. The average molecular weight is 296 g/mol. The van der Waals surface area contributed by atoms with Crippen LogP contribution in [-0.4, -0.2) is 17.7 Å². The van der Waals surface area contributed by atoms with Crippen molar-refractivity contribution in [3.8, 4) is 0 Å². The summed E-state index contributed by atoms with van der Waals surface area (Å²) in [6.07, 6.45) is 2.44. The Morgan fingerprint density at radius 2 is 2.35 bits per heavy atom. The highest BCUT2D eigenvalue weighted by molar-refractivity contribution is 9.10. The van der Waals surface area contributed by atoms with Gasteiger partial charge in [0.2, 0.25) is 0 Å². The molecule has 1 aromatic rings. The Morgan fingerprint density at radius 1 is 1.53 bits per heavy atom. The molecule has 0 aromatic heterocycles. The zero-order chi connectivity index (χ0) is 12.0. The van der Waals surface area contributed by atoms with Gasteiger partial charge in [-0.3, -0.25) is 0 Å². The van der Waals surface area contributed by atoms with Crippen molar-refractivity contribution in [1.29, 1.82) is 0 Å². The Labute approximate surface area is 109 Å². The SMILES string of the molecule is CC1OC(=O)NC12CCc1c(Br)cccc1C2. The quantitative estimate of drug-likeness (QED) is 0.799. The fourth-order valence-corrected chi connectivity index (χ4v) is 3.49. The number of fused-ring (bicyclic) bond motifs is 1. The van der Waals surface area contributed by atoms with Crippen molar-refractivity contribution in [3.05, 3.63) is 33.8 Å². The molecule has 0 saturated carbocycles. The second-order valence-corrected chi connectivity index (χ2v) is 5.74. The second-order valence-electron chi connectivity index (χ2n) is 4.88. The van der Waals surface area contributed by atoms with Gasteiger partial charge in [-0.15, -0.1) is 0 Å². The first-order chi connectivity index (χ1) is 8.11. The third-order valence-corrected chi connectivity index (χ3v) is 4.70. The highest BCUT2D eigenvalue weighted by Crippen LogP contribution is 2.37. The molecule has 2 aliphatic rings. The highest BCUT2D eigenvalue weighted by atomic mass is 79.9. The summed E-state index contributed by atoms with van der Waals surface area (Å²) in [5.41, 5.74) is 2.47. The zero-order valence-corrected chi connectivity index (χ0v) is 11.2. The van der Waals surface area contributed by atoms with E-state index in [2.05, 4.69) is 33.4 Å². The number of carbonyl (C=O) groups is 1. The van der Waals surface area contributed by atoms with Gasteiger partial charge in [0.05, 0.1) is 5.54 Å². The number of alkyl carbamates (subject to hydrolysis) is 1. The van der Waals surface area contributed by atoms with Gasteiger partial charge in [0.15, 0.2) is 0 Å². The molecular weight excluding hydrogens is 282 g/mol. The molecule has 0 radical (unpaired) electrons. The van der Waals surface area contributed by atoms with Crippen LogP contribution < -0.4 is 5.32 Å². The molecule has 1 fully saturated rings. The van der Waals surface area contributed by atoms with E-state index in [4.69, 9.17) is 4.74 Å². The lowest BCUT2D eigenvalue weighted by molar-refractivity contribution is 0.114. The Kier molecular flexibility index (Phi) is 2.43. The van der Waals surface area contributed by atoms with Crippen LogP contribution in [0.2, 0.25) is 0 Å². The first-order valence-electron chi connectivity index (χ1n) is 5.86. The fraction of sp³-hybridized carbons (Fsp3) is 0.462. The molecular formula is C13H14BrNO2. The largest absolute Gasteiger partial charge is 0.444 e. The summed E-state index contributed by atoms with van der Waals surface area (Å²) < 4.78 is 6.41. The lowest BCUT2D eigenvalue weighted by Gasteiger charge is -2.36. The molecule has 3 nitrogen and oxygen atoms in total. The molecule has 1 spiro atoms. The molecule has 90 valence electrons. The molecule has 1 heterocycles. The summed E-state index contributed by atoms with van der Waals surface area (Å²) in [7, 11) is 0. The molecule has 3 rings (SSSR count). The van der Waals surface area contributed by atoms with E-state index in [1.165, 1.54) is 15.6 Å². The molecule has 1 aliphatic carbocycles. The van der Waals surface area contributed by atoms with E-state index in [-0.39, 0.29) is 17.7 Å². The molecule has 17 heavy (non-hydrogen) atoms. The van der Waals surface area contributed by atoms with Gasteiger partial charge in [-0.05, 0) is 43.4 Å². The minimum absolute atomic E-state index is 0.0536. The molecule has 4 heteroatoms. The van der Waals surface area contributed by atoms with E-state index >= 15 is 0 Å². The van der Waals surface area contributed by atoms with Crippen molar-refractivity contribution in [2.24, 2.45) is 0 Å². The number of halogens is 1. The van der Waals surface area contributed by atoms with Crippen LogP contribution in [0.15, 0.2) is 22.7 Å². The number of hydrogen-bond acceptors (Lipinski definition) is 2. The first kappa shape index (κ1) is 11.1. The van der Waals surface area contributed by atoms with Crippen molar-refractivity contribution >= 4 is 22.0 Å². The number of carbonyl (C=O) groups excluding carboxylic acids is 1. The summed E-state index contributed by atoms with van der Waals surface area (Å²) in [6.45, 7) is 1.97. The Hall–Kier alpha value is -1.03. The molecule has 1 aliphatic heterocycles. The lowest BCUT2D eigenvalue weighted by atomic mass is 9.75. The number of amides is 1. The number of ether oxygens (including phenoxy) is 1. The zero-order valence-electron chi connectivity index (χ0n) is 9.63. The van der Waals surface area contributed by atoms with Gasteiger partial charge < -0.3 is 10.1 Å². The lowest BCUT2D eigenvalue weighted by Crippen LogP contribution is -2.51. The summed E-state index contributed by atoms with van der Waals surface area (Å²) in [5.74, 6) is 0. The third-order valence-electron chi connectivity index (χ3n) is 3.96. The maximum absolute atomic E-state index is 11.4. The van der Waals surface area contributed by atoms with Gasteiger partial charge in [-0.2, -0.15) is 0 Å². The van der Waals surface area contributed by atoms with Crippen LogP contribution in [0.4, 0.5) is 4.79 Å². The monoisotopic (exact) mass is 295 g/mol. The van der Waals surface area contributed by atoms with E-state index in [1.54, 1.807) is 0 Å². The Balaban J connectivity index is 1.98. The minimum Gasteiger partial charge on any atom is -0.444 e. The van der Waals surface area contributed by atoms with E-state index in [9.17, 15) is 4.79 Å². The number of hydrogen-bond donors (Lipinski definition) is 1. The van der Waals surface area contributed by atoms with E-state index < -0.39 is 0 Å². The van der Waals surface area contributed by atoms with Crippen LogP contribution in [0.25, 0.3) is 0 Å². The predicted molar refractivity (Wildman–Crippen MR) is 68.0 cm³/mol. The van der Waals surface area contributed by atoms with E-state index in [1.807, 2.05) is 13.0 Å². The van der Waals surface area contributed by atoms with E-state index in [0.717, 1.165) is 19.3 Å². The summed E-state index contributed by atoms with van der Waals surface area (Å²) >= 11 is 3.59. The van der Waals surface area contributed by atoms with Crippen LogP contribution >= 0.6 is 15.9 Å². The third kappa shape index (κ3) is 1.66. The molecule has 1 amide bonds. The minimum atomic E-state index is -0.282. The van der Waals surface area contributed by atoms with Crippen LogP contribution in [0.1, 0.15) is 24.5 Å². The van der Waals surface area contributed by atoms with Gasteiger partial charge in [0.25, 0.3) is 0 Å². The highest BCUT2D eigenvalue weighted by Gasteiger charge is 2.47.